The number of benzene rings is 2. The number of halogens is 2. The van der Waals surface area contributed by atoms with Crippen molar-refractivity contribution in [3.63, 3.8) is 0 Å². The minimum atomic E-state index is -3.66. The molecule has 31 heavy (non-hydrogen) atoms. The van der Waals surface area contributed by atoms with E-state index in [0.717, 1.165) is 6.07 Å². The summed E-state index contributed by atoms with van der Waals surface area (Å²) in [5, 5.41) is 12.9. The monoisotopic (exact) mass is 470 g/mol. The van der Waals surface area contributed by atoms with E-state index in [-0.39, 0.29) is 29.7 Å². The number of aliphatic hydroxyl groups is 1. The van der Waals surface area contributed by atoms with Crippen molar-refractivity contribution in [1.29, 1.82) is 0 Å². The summed E-state index contributed by atoms with van der Waals surface area (Å²) in [5.74, 6) is -0.951. The number of hydrogen-bond acceptors (Lipinski definition) is 5. The van der Waals surface area contributed by atoms with Gasteiger partial charge in [0.25, 0.3) is 5.91 Å². The lowest BCUT2D eigenvalue weighted by molar-refractivity contribution is -0.0891. The number of sulfonamides is 1. The average Bonchev–Trinajstić information content (AvgIpc) is 2.74. The van der Waals surface area contributed by atoms with E-state index in [4.69, 9.17) is 16.3 Å². The van der Waals surface area contributed by atoms with E-state index in [1.54, 1.807) is 0 Å². The molecule has 168 valence electrons. The normalized spacial score (nSPS) is 21.6. The Morgan fingerprint density at radius 3 is 2.61 bits per heavy atom. The van der Waals surface area contributed by atoms with E-state index >= 15 is 0 Å². The van der Waals surface area contributed by atoms with Crippen LogP contribution in [0.15, 0.2) is 53.4 Å². The molecule has 1 saturated heterocycles. The predicted molar refractivity (Wildman–Crippen MR) is 114 cm³/mol. The van der Waals surface area contributed by atoms with Crippen molar-refractivity contribution in [1.82, 2.24) is 10.0 Å². The fourth-order valence-corrected chi connectivity index (χ4v) is 4.62. The largest absolute Gasteiger partial charge is 0.394 e. The molecule has 0 unspecified atom stereocenters. The molecule has 7 nitrogen and oxygen atoms in total. The number of amides is 1. The highest BCUT2D eigenvalue weighted by Gasteiger charge is 2.32. The third-order valence-electron chi connectivity index (χ3n) is 5.08. The van der Waals surface area contributed by atoms with Crippen molar-refractivity contribution in [3.05, 3.63) is 64.9 Å². The van der Waals surface area contributed by atoms with Gasteiger partial charge in [-0.25, -0.2) is 17.5 Å². The first-order valence-electron chi connectivity index (χ1n) is 9.86. The summed E-state index contributed by atoms with van der Waals surface area (Å²) in [6.45, 7) is -0.144. The zero-order valence-corrected chi connectivity index (χ0v) is 18.2. The molecule has 0 aromatic heterocycles. The van der Waals surface area contributed by atoms with E-state index in [1.165, 1.54) is 42.5 Å². The first-order valence-corrected chi connectivity index (χ1v) is 11.7. The quantitative estimate of drug-likeness (QED) is 0.549. The van der Waals surface area contributed by atoms with Gasteiger partial charge in [0.2, 0.25) is 10.0 Å². The second-order valence-corrected chi connectivity index (χ2v) is 9.49. The molecular weight excluding hydrogens is 447 g/mol. The van der Waals surface area contributed by atoms with Crippen LogP contribution in [-0.2, 0) is 14.8 Å². The van der Waals surface area contributed by atoms with Gasteiger partial charge >= 0.3 is 0 Å². The Morgan fingerprint density at radius 1 is 1.19 bits per heavy atom. The number of nitrogens with one attached hydrogen (secondary N) is 2. The molecule has 3 rings (SSSR count). The highest BCUT2D eigenvalue weighted by Crippen LogP contribution is 2.22. The molecule has 2 aromatic carbocycles. The van der Waals surface area contributed by atoms with Crippen molar-refractivity contribution in [2.24, 2.45) is 0 Å². The fraction of sp³-hybridized carbons (Fsp3) is 0.381. The molecule has 10 heteroatoms. The van der Waals surface area contributed by atoms with Crippen LogP contribution in [0.3, 0.4) is 0 Å². The Kier molecular flexibility index (Phi) is 8.01. The lowest BCUT2D eigenvalue weighted by atomic mass is 9.97. The molecule has 0 bridgehead atoms. The summed E-state index contributed by atoms with van der Waals surface area (Å²) in [7, 11) is -3.66. The predicted octanol–water partition coefficient (Wildman–Crippen LogP) is 2.49. The maximum absolute atomic E-state index is 13.3. The summed E-state index contributed by atoms with van der Waals surface area (Å²) in [6, 6.07) is 10.8. The number of aliphatic hydroxyl groups excluding tert-OH is 1. The Bertz CT molecular complexity index is 1000. The van der Waals surface area contributed by atoms with Crippen molar-refractivity contribution in [2.75, 3.05) is 13.2 Å². The Morgan fingerprint density at radius 2 is 1.94 bits per heavy atom. The SMILES string of the molecule is O=C(N[C@@H]1CC[C@@H](CCNS(=O)(=O)c2ccc(Cl)cc2)O[C@H]1CO)c1cccc(F)c1. The Hall–Kier alpha value is -2.04. The third kappa shape index (κ3) is 6.47. The van der Waals surface area contributed by atoms with Crippen LogP contribution in [0.2, 0.25) is 5.02 Å². The van der Waals surface area contributed by atoms with Crippen LogP contribution in [0.1, 0.15) is 29.6 Å². The first kappa shape index (κ1) is 23.6. The highest BCUT2D eigenvalue weighted by molar-refractivity contribution is 7.89. The summed E-state index contributed by atoms with van der Waals surface area (Å²) in [5.41, 5.74) is 0.190. The standard InChI is InChI=1S/C21H24ClFN2O5S/c22-15-4-7-18(8-5-15)31(28,29)24-11-10-17-6-9-19(20(13-26)30-17)25-21(27)14-2-1-3-16(23)12-14/h1-5,7-8,12,17,19-20,24,26H,6,9-11,13H2,(H,25,27)/t17-,19+,20-/m0/s1. The van der Waals surface area contributed by atoms with Crippen LogP contribution in [0.4, 0.5) is 4.39 Å². The summed E-state index contributed by atoms with van der Waals surface area (Å²) in [4.78, 5) is 12.5. The molecule has 0 aliphatic carbocycles. The van der Waals surface area contributed by atoms with Crippen molar-refractivity contribution in [2.45, 2.75) is 42.4 Å². The average molecular weight is 471 g/mol. The smallest absolute Gasteiger partial charge is 0.251 e. The van der Waals surface area contributed by atoms with E-state index in [9.17, 15) is 22.7 Å². The zero-order chi connectivity index (χ0) is 22.4. The molecular formula is C21H24ClFN2O5S. The van der Waals surface area contributed by atoms with Crippen LogP contribution in [0.5, 0.6) is 0 Å². The van der Waals surface area contributed by atoms with Crippen LogP contribution in [0.25, 0.3) is 0 Å². The molecule has 0 radical (unpaired) electrons. The zero-order valence-electron chi connectivity index (χ0n) is 16.6. The molecule has 3 atom stereocenters. The van der Waals surface area contributed by atoms with Gasteiger partial charge in [0.15, 0.2) is 0 Å². The molecule has 3 N–H and O–H groups in total. The van der Waals surface area contributed by atoms with E-state index in [2.05, 4.69) is 10.0 Å². The minimum Gasteiger partial charge on any atom is -0.394 e. The maximum atomic E-state index is 13.3. The molecule has 1 fully saturated rings. The Balaban J connectivity index is 1.50. The van der Waals surface area contributed by atoms with Gasteiger partial charge in [0, 0.05) is 17.1 Å². The number of carbonyl (C=O) groups is 1. The second-order valence-electron chi connectivity index (χ2n) is 7.29. The lowest BCUT2D eigenvalue weighted by Gasteiger charge is -2.36. The molecule has 1 heterocycles. The number of rotatable bonds is 8. The molecule has 0 spiro atoms. The van der Waals surface area contributed by atoms with Gasteiger partial charge < -0.3 is 15.2 Å². The van der Waals surface area contributed by atoms with E-state index in [1.807, 2.05) is 0 Å². The van der Waals surface area contributed by atoms with Crippen LogP contribution < -0.4 is 10.0 Å². The van der Waals surface area contributed by atoms with Gasteiger partial charge in [0.1, 0.15) is 11.9 Å². The molecule has 1 aliphatic heterocycles. The van der Waals surface area contributed by atoms with Crippen molar-refractivity contribution >= 4 is 27.5 Å². The van der Waals surface area contributed by atoms with Crippen molar-refractivity contribution in [3.8, 4) is 0 Å². The fourth-order valence-electron chi connectivity index (χ4n) is 3.44. The maximum Gasteiger partial charge on any atom is 0.251 e. The van der Waals surface area contributed by atoms with Gasteiger partial charge in [-0.05, 0) is 61.7 Å². The van der Waals surface area contributed by atoms with Gasteiger partial charge in [-0.2, -0.15) is 0 Å². The topological polar surface area (TPSA) is 105 Å². The molecule has 1 aliphatic rings. The summed E-state index contributed by atoms with van der Waals surface area (Å²) >= 11 is 5.78. The van der Waals surface area contributed by atoms with Crippen LogP contribution >= 0.6 is 11.6 Å². The first-order chi connectivity index (χ1) is 14.8. The van der Waals surface area contributed by atoms with E-state index in [0.29, 0.717) is 24.3 Å². The summed E-state index contributed by atoms with van der Waals surface area (Å²) in [6.07, 6.45) is 0.624. The highest BCUT2D eigenvalue weighted by atomic mass is 35.5. The van der Waals surface area contributed by atoms with Crippen molar-refractivity contribution < 1.29 is 27.4 Å². The molecule has 1 amide bonds. The van der Waals surface area contributed by atoms with Gasteiger partial charge in [-0.15, -0.1) is 0 Å². The number of ether oxygens (including phenoxy) is 1. The third-order valence-corrected chi connectivity index (χ3v) is 6.81. The number of hydrogen-bond donors (Lipinski definition) is 3. The van der Waals surface area contributed by atoms with Crippen LogP contribution in [0, 0.1) is 5.82 Å². The molecule has 0 saturated carbocycles. The van der Waals surface area contributed by atoms with Gasteiger partial charge in [-0.1, -0.05) is 17.7 Å². The van der Waals surface area contributed by atoms with Gasteiger partial charge in [0.05, 0.1) is 23.6 Å². The Labute approximate surface area is 185 Å². The minimum absolute atomic E-state index is 0.120. The number of carbonyl (C=O) groups excluding carboxylic acids is 1. The lowest BCUT2D eigenvalue weighted by Crippen LogP contribution is -2.51. The van der Waals surface area contributed by atoms with E-state index < -0.39 is 33.9 Å². The summed E-state index contributed by atoms with van der Waals surface area (Å²) < 4.78 is 46.4. The van der Waals surface area contributed by atoms with Crippen LogP contribution in [-0.4, -0.2) is 50.8 Å². The molecule has 2 aromatic rings. The van der Waals surface area contributed by atoms with Gasteiger partial charge in [-0.3, -0.25) is 4.79 Å². The second kappa shape index (κ2) is 10.5.